The molecular formula is C11H20N4. The Hall–Kier alpha value is -1.45. The van der Waals surface area contributed by atoms with Gasteiger partial charge in [0.15, 0.2) is 5.96 Å². The van der Waals surface area contributed by atoms with Crippen LogP contribution in [-0.4, -0.2) is 24.1 Å². The van der Waals surface area contributed by atoms with E-state index < -0.39 is 0 Å². The first kappa shape index (κ1) is 11.6. The van der Waals surface area contributed by atoms with Crippen LogP contribution in [0.3, 0.4) is 0 Å². The third kappa shape index (κ3) is 4.06. The largest absolute Gasteiger partial charge is 0.357 e. The number of aromatic nitrogens is 1. The predicted octanol–water partition coefficient (Wildman–Crippen LogP) is 1.10. The van der Waals surface area contributed by atoms with E-state index in [4.69, 9.17) is 0 Å². The molecule has 0 bridgehead atoms. The monoisotopic (exact) mass is 208 g/mol. The van der Waals surface area contributed by atoms with Crippen molar-refractivity contribution in [1.82, 2.24) is 15.2 Å². The van der Waals surface area contributed by atoms with Gasteiger partial charge in [0.1, 0.15) is 0 Å². The van der Waals surface area contributed by atoms with Gasteiger partial charge in [0, 0.05) is 39.6 Å². The summed E-state index contributed by atoms with van der Waals surface area (Å²) in [6.45, 7) is 3.90. The minimum absolute atomic E-state index is 0.810. The fraction of sp³-hybridized carbons (Fsp3) is 0.545. The first-order valence-corrected chi connectivity index (χ1v) is 5.31. The number of hydrogen-bond donors (Lipinski definition) is 2. The van der Waals surface area contributed by atoms with Crippen molar-refractivity contribution in [1.29, 1.82) is 0 Å². The Morgan fingerprint density at radius 2 is 2.27 bits per heavy atom. The third-order valence-corrected chi connectivity index (χ3v) is 2.12. The van der Waals surface area contributed by atoms with E-state index in [0.29, 0.717) is 0 Å². The topological polar surface area (TPSA) is 41.4 Å². The lowest BCUT2D eigenvalue weighted by atomic mass is 10.3. The molecule has 15 heavy (non-hydrogen) atoms. The Kier molecular flexibility index (Phi) is 4.74. The van der Waals surface area contributed by atoms with Crippen LogP contribution in [-0.2, 0) is 13.6 Å². The smallest absolute Gasteiger partial charge is 0.191 e. The molecule has 0 saturated carbocycles. The zero-order valence-corrected chi connectivity index (χ0v) is 9.75. The second kappa shape index (κ2) is 6.11. The maximum Gasteiger partial charge on any atom is 0.191 e. The van der Waals surface area contributed by atoms with Crippen LogP contribution in [0, 0.1) is 0 Å². The van der Waals surface area contributed by atoms with E-state index in [1.165, 1.54) is 5.56 Å². The molecule has 0 aromatic carbocycles. The van der Waals surface area contributed by atoms with Crippen LogP contribution in [0.4, 0.5) is 0 Å². The van der Waals surface area contributed by atoms with E-state index in [-0.39, 0.29) is 0 Å². The highest BCUT2D eigenvalue weighted by Crippen LogP contribution is 1.97. The van der Waals surface area contributed by atoms with Crippen molar-refractivity contribution in [3.05, 3.63) is 24.0 Å². The van der Waals surface area contributed by atoms with Crippen LogP contribution in [0.25, 0.3) is 0 Å². The molecule has 0 aliphatic heterocycles. The van der Waals surface area contributed by atoms with E-state index in [9.17, 15) is 0 Å². The molecule has 0 unspecified atom stereocenters. The number of aliphatic imine (C=N–C) groups is 1. The molecule has 1 aromatic rings. The summed E-state index contributed by atoms with van der Waals surface area (Å²) >= 11 is 0. The zero-order chi connectivity index (χ0) is 11.1. The summed E-state index contributed by atoms with van der Waals surface area (Å²) in [5, 5.41) is 6.49. The Bertz CT molecular complexity index is 314. The Balaban J connectivity index is 2.34. The summed E-state index contributed by atoms with van der Waals surface area (Å²) in [6.07, 6.45) is 5.24. The standard InChI is InChI=1S/C11H20N4/c1-4-6-13-11(12-2)14-8-10-5-7-15(3)9-10/h5,7,9H,4,6,8H2,1-3H3,(H2,12,13,14). The van der Waals surface area contributed by atoms with Gasteiger partial charge < -0.3 is 15.2 Å². The predicted molar refractivity (Wildman–Crippen MR) is 63.9 cm³/mol. The van der Waals surface area contributed by atoms with Crippen LogP contribution in [0.2, 0.25) is 0 Å². The van der Waals surface area contributed by atoms with Gasteiger partial charge >= 0.3 is 0 Å². The van der Waals surface area contributed by atoms with Crippen LogP contribution in [0.5, 0.6) is 0 Å². The SMILES string of the molecule is CCCNC(=NC)NCc1ccn(C)c1. The second-order valence-corrected chi connectivity index (χ2v) is 3.54. The van der Waals surface area contributed by atoms with Gasteiger partial charge in [-0.2, -0.15) is 0 Å². The number of guanidine groups is 1. The zero-order valence-electron chi connectivity index (χ0n) is 9.75. The summed E-state index contributed by atoms with van der Waals surface area (Å²) < 4.78 is 2.04. The minimum Gasteiger partial charge on any atom is -0.357 e. The van der Waals surface area contributed by atoms with Gasteiger partial charge in [-0.05, 0) is 18.1 Å². The summed E-state index contributed by atoms with van der Waals surface area (Å²) in [5.41, 5.74) is 1.26. The number of nitrogens with zero attached hydrogens (tertiary/aromatic N) is 2. The van der Waals surface area contributed by atoms with Crippen molar-refractivity contribution in [2.24, 2.45) is 12.0 Å². The molecule has 0 aliphatic carbocycles. The Morgan fingerprint density at radius 3 is 2.80 bits per heavy atom. The molecule has 2 N–H and O–H groups in total. The average molecular weight is 208 g/mol. The first-order valence-electron chi connectivity index (χ1n) is 5.31. The average Bonchev–Trinajstić information content (AvgIpc) is 2.65. The normalized spacial score (nSPS) is 11.5. The number of hydrogen-bond acceptors (Lipinski definition) is 1. The van der Waals surface area contributed by atoms with Crippen molar-refractivity contribution in [2.45, 2.75) is 19.9 Å². The molecule has 4 nitrogen and oxygen atoms in total. The molecule has 1 aromatic heterocycles. The van der Waals surface area contributed by atoms with Gasteiger partial charge in [0.2, 0.25) is 0 Å². The van der Waals surface area contributed by atoms with Gasteiger partial charge in [-0.25, -0.2) is 0 Å². The molecule has 4 heteroatoms. The lowest BCUT2D eigenvalue weighted by Gasteiger charge is -2.09. The second-order valence-electron chi connectivity index (χ2n) is 3.54. The lowest BCUT2D eigenvalue weighted by Crippen LogP contribution is -2.37. The maximum absolute atomic E-state index is 4.14. The van der Waals surface area contributed by atoms with Gasteiger partial charge in [-0.1, -0.05) is 6.92 Å². The van der Waals surface area contributed by atoms with Gasteiger partial charge in [-0.15, -0.1) is 0 Å². The van der Waals surface area contributed by atoms with Crippen molar-refractivity contribution in [3.63, 3.8) is 0 Å². The van der Waals surface area contributed by atoms with Crippen molar-refractivity contribution in [2.75, 3.05) is 13.6 Å². The van der Waals surface area contributed by atoms with Gasteiger partial charge in [0.05, 0.1) is 0 Å². The number of nitrogens with one attached hydrogen (secondary N) is 2. The molecule has 0 fully saturated rings. The fourth-order valence-corrected chi connectivity index (χ4v) is 1.32. The molecule has 0 radical (unpaired) electrons. The highest BCUT2D eigenvalue weighted by atomic mass is 15.2. The molecule has 0 spiro atoms. The highest BCUT2D eigenvalue weighted by molar-refractivity contribution is 5.79. The van der Waals surface area contributed by atoms with Gasteiger partial charge in [0.25, 0.3) is 0 Å². The molecule has 0 saturated heterocycles. The summed E-state index contributed by atoms with van der Waals surface area (Å²) in [4.78, 5) is 4.14. The maximum atomic E-state index is 4.14. The summed E-state index contributed by atoms with van der Waals surface area (Å²) in [7, 11) is 3.81. The first-order chi connectivity index (χ1) is 7.26. The van der Waals surface area contributed by atoms with Crippen molar-refractivity contribution >= 4 is 5.96 Å². The molecule has 0 amide bonds. The Morgan fingerprint density at radius 1 is 1.47 bits per heavy atom. The summed E-state index contributed by atoms with van der Waals surface area (Å²) in [5.74, 6) is 0.862. The fourth-order valence-electron chi connectivity index (χ4n) is 1.32. The van der Waals surface area contributed by atoms with Gasteiger partial charge in [-0.3, -0.25) is 4.99 Å². The molecule has 0 aliphatic rings. The molecule has 84 valence electrons. The van der Waals surface area contributed by atoms with Crippen LogP contribution in [0.15, 0.2) is 23.5 Å². The molecule has 1 heterocycles. The molecule has 1 rings (SSSR count). The third-order valence-electron chi connectivity index (χ3n) is 2.12. The van der Waals surface area contributed by atoms with E-state index in [1.807, 2.05) is 17.8 Å². The minimum atomic E-state index is 0.810. The number of rotatable bonds is 4. The van der Waals surface area contributed by atoms with Crippen LogP contribution < -0.4 is 10.6 Å². The van der Waals surface area contributed by atoms with E-state index in [0.717, 1.165) is 25.5 Å². The molecular weight excluding hydrogens is 188 g/mol. The summed E-state index contributed by atoms with van der Waals surface area (Å²) in [6, 6.07) is 2.10. The highest BCUT2D eigenvalue weighted by Gasteiger charge is 1.97. The van der Waals surface area contributed by atoms with Crippen molar-refractivity contribution < 1.29 is 0 Å². The van der Waals surface area contributed by atoms with E-state index in [1.54, 1.807) is 7.05 Å². The van der Waals surface area contributed by atoms with E-state index in [2.05, 4.69) is 34.8 Å². The van der Waals surface area contributed by atoms with Crippen LogP contribution in [0.1, 0.15) is 18.9 Å². The van der Waals surface area contributed by atoms with E-state index >= 15 is 0 Å². The molecule has 0 atom stereocenters. The van der Waals surface area contributed by atoms with Crippen LogP contribution >= 0.6 is 0 Å². The quantitative estimate of drug-likeness (QED) is 0.574. The lowest BCUT2D eigenvalue weighted by molar-refractivity contribution is 0.780. The number of aryl methyl sites for hydroxylation is 1. The van der Waals surface area contributed by atoms with Crippen molar-refractivity contribution in [3.8, 4) is 0 Å². The Labute approximate surface area is 91.4 Å².